The van der Waals surface area contributed by atoms with Crippen molar-refractivity contribution in [2.75, 3.05) is 17.1 Å². The molecule has 0 aromatic heterocycles. The molecule has 10 nitrogen and oxygen atoms in total. The molecule has 2 amide bonds. The number of carbonyl (C=O) groups is 2. The fourth-order valence-electron chi connectivity index (χ4n) is 3.77. The molecule has 0 aliphatic carbocycles. The first kappa shape index (κ1) is 28.8. The molecule has 2 aromatic rings. The number of hydrogen-bond acceptors (Lipinski definition) is 6. The summed E-state index contributed by atoms with van der Waals surface area (Å²) in [5.41, 5.74) is 2.01. The van der Waals surface area contributed by atoms with Crippen LogP contribution in [0.2, 0.25) is 0 Å². The summed E-state index contributed by atoms with van der Waals surface area (Å²) in [5, 5.41) is 14.1. The van der Waals surface area contributed by atoms with E-state index in [1.54, 1.807) is 13.8 Å². The van der Waals surface area contributed by atoms with E-state index in [-0.39, 0.29) is 29.9 Å². The summed E-state index contributed by atoms with van der Waals surface area (Å²) >= 11 is 0. The van der Waals surface area contributed by atoms with E-state index < -0.39 is 33.4 Å². The number of nitro groups is 1. The Morgan fingerprint density at radius 2 is 1.69 bits per heavy atom. The van der Waals surface area contributed by atoms with Crippen molar-refractivity contribution in [2.45, 2.75) is 59.7 Å². The number of non-ortho nitro benzene ring substituents is 1. The van der Waals surface area contributed by atoms with Crippen molar-refractivity contribution in [2.24, 2.45) is 0 Å². The van der Waals surface area contributed by atoms with Crippen LogP contribution in [-0.2, 0) is 26.2 Å². The van der Waals surface area contributed by atoms with Crippen molar-refractivity contribution < 1.29 is 22.9 Å². The van der Waals surface area contributed by atoms with Gasteiger partial charge in [0.1, 0.15) is 12.6 Å². The van der Waals surface area contributed by atoms with Crippen LogP contribution in [0.5, 0.6) is 0 Å². The van der Waals surface area contributed by atoms with E-state index in [4.69, 9.17) is 0 Å². The largest absolute Gasteiger partial charge is 0.352 e. The van der Waals surface area contributed by atoms with Crippen LogP contribution in [0, 0.1) is 24.0 Å². The SMILES string of the molecule is CC[C@H](C(=O)NC(C)C)N(Cc1ccc(C)cc1)C(=O)CN(c1cc([N+](=O)[O-])ccc1C)S(C)(=O)=O. The molecule has 0 fully saturated rings. The topological polar surface area (TPSA) is 130 Å². The highest BCUT2D eigenvalue weighted by atomic mass is 32.2. The number of sulfonamides is 1. The second-order valence-corrected chi connectivity index (χ2v) is 11.0. The number of nitrogens with zero attached hydrogens (tertiary/aromatic N) is 3. The Balaban J connectivity index is 2.52. The third-order valence-corrected chi connectivity index (χ3v) is 6.77. The number of nitrogens with one attached hydrogen (secondary N) is 1. The van der Waals surface area contributed by atoms with Gasteiger partial charge in [-0.25, -0.2) is 8.42 Å². The number of aryl methyl sites for hydroxylation is 2. The zero-order valence-electron chi connectivity index (χ0n) is 21.5. The number of rotatable bonds is 11. The highest BCUT2D eigenvalue weighted by Gasteiger charge is 2.32. The van der Waals surface area contributed by atoms with Crippen molar-refractivity contribution in [3.63, 3.8) is 0 Å². The minimum atomic E-state index is -4.00. The Labute approximate surface area is 212 Å². The second-order valence-electron chi connectivity index (χ2n) is 9.09. The van der Waals surface area contributed by atoms with Gasteiger partial charge in [-0.1, -0.05) is 42.8 Å². The first-order chi connectivity index (χ1) is 16.7. The third kappa shape index (κ3) is 7.51. The Bertz CT molecular complexity index is 1210. The maximum atomic E-state index is 13.7. The minimum Gasteiger partial charge on any atom is -0.352 e. The Morgan fingerprint density at radius 1 is 1.08 bits per heavy atom. The lowest BCUT2D eigenvalue weighted by Crippen LogP contribution is -2.53. The monoisotopic (exact) mass is 518 g/mol. The van der Waals surface area contributed by atoms with Crippen LogP contribution in [0.15, 0.2) is 42.5 Å². The molecule has 0 spiro atoms. The molecule has 0 bridgehead atoms. The number of amides is 2. The Morgan fingerprint density at radius 3 is 2.19 bits per heavy atom. The zero-order chi connectivity index (χ0) is 27.2. The normalized spacial score (nSPS) is 12.2. The maximum absolute atomic E-state index is 13.7. The molecule has 2 aromatic carbocycles. The number of benzene rings is 2. The second kappa shape index (κ2) is 12.0. The van der Waals surface area contributed by atoms with Crippen LogP contribution in [-0.4, -0.2) is 54.9 Å². The van der Waals surface area contributed by atoms with Crippen molar-refractivity contribution in [1.82, 2.24) is 10.2 Å². The molecule has 196 valence electrons. The number of anilines is 1. The summed E-state index contributed by atoms with van der Waals surface area (Å²) in [6.45, 7) is 8.42. The molecule has 0 saturated carbocycles. The summed E-state index contributed by atoms with van der Waals surface area (Å²) in [6, 6.07) is 10.3. The molecular formula is C25H34N4O6S. The quantitative estimate of drug-likeness (QED) is 0.359. The molecule has 11 heteroatoms. The summed E-state index contributed by atoms with van der Waals surface area (Å²) in [4.78, 5) is 38.7. The van der Waals surface area contributed by atoms with E-state index in [1.165, 1.54) is 17.0 Å². The van der Waals surface area contributed by atoms with Crippen molar-refractivity contribution >= 4 is 33.2 Å². The van der Waals surface area contributed by atoms with E-state index in [1.807, 2.05) is 45.0 Å². The summed E-state index contributed by atoms with van der Waals surface area (Å²) in [7, 11) is -4.00. The predicted octanol–water partition coefficient (Wildman–Crippen LogP) is 3.31. The van der Waals surface area contributed by atoms with Gasteiger partial charge in [0, 0.05) is 24.7 Å². The van der Waals surface area contributed by atoms with Gasteiger partial charge in [0.25, 0.3) is 5.69 Å². The summed E-state index contributed by atoms with van der Waals surface area (Å²) < 4.78 is 26.3. The minimum absolute atomic E-state index is 0.0371. The first-order valence-electron chi connectivity index (χ1n) is 11.6. The predicted molar refractivity (Wildman–Crippen MR) is 139 cm³/mol. The summed E-state index contributed by atoms with van der Waals surface area (Å²) in [5.74, 6) is -0.942. The van der Waals surface area contributed by atoms with Gasteiger partial charge in [0.05, 0.1) is 16.9 Å². The molecule has 0 saturated heterocycles. The Hall–Kier alpha value is -3.47. The highest BCUT2D eigenvalue weighted by Crippen LogP contribution is 2.28. The van der Waals surface area contributed by atoms with Gasteiger partial charge in [0.2, 0.25) is 21.8 Å². The van der Waals surface area contributed by atoms with E-state index in [9.17, 15) is 28.1 Å². The van der Waals surface area contributed by atoms with Gasteiger partial charge in [-0.15, -0.1) is 0 Å². The van der Waals surface area contributed by atoms with Gasteiger partial charge >= 0.3 is 0 Å². The van der Waals surface area contributed by atoms with Gasteiger partial charge < -0.3 is 10.2 Å². The maximum Gasteiger partial charge on any atom is 0.271 e. The van der Waals surface area contributed by atoms with Gasteiger partial charge in [-0.3, -0.25) is 24.0 Å². The van der Waals surface area contributed by atoms with Crippen LogP contribution in [0.1, 0.15) is 43.9 Å². The molecule has 0 aliphatic heterocycles. The average Bonchev–Trinajstić information content (AvgIpc) is 2.77. The molecule has 0 aliphatic rings. The smallest absolute Gasteiger partial charge is 0.271 e. The molecular weight excluding hydrogens is 484 g/mol. The fourth-order valence-corrected chi connectivity index (χ4v) is 4.66. The van der Waals surface area contributed by atoms with Gasteiger partial charge in [-0.2, -0.15) is 0 Å². The van der Waals surface area contributed by atoms with Crippen molar-refractivity contribution in [3.8, 4) is 0 Å². The van der Waals surface area contributed by atoms with E-state index >= 15 is 0 Å². The Kier molecular flexibility index (Phi) is 9.57. The van der Waals surface area contributed by atoms with Crippen LogP contribution >= 0.6 is 0 Å². The van der Waals surface area contributed by atoms with E-state index in [2.05, 4.69) is 5.32 Å². The highest BCUT2D eigenvalue weighted by molar-refractivity contribution is 7.92. The van der Waals surface area contributed by atoms with Crippen LogP contribution in [0.3, 0.4) is 0 Å². The van der Waals surface area contributed by atoms with Crippen molar-refractivity contribution in [3.05, 3.63) is 69.3 Å². The van der Waals surface area contributed by atoms with Gasteiger partial charge in [-0.05, 0) is 45.2 Å². The van der Waals surface area contributed by atoms with E-state index in [0.29, 0.717) is 12.0 Å². The molecule has 0 radical (unpaired) electrons. The standard InChI is InChI=1S/C25H34N4O6S/c1-7-22(25(31)26-17(2)3)27(15-20-11-8-18(4)9-12-20)24(30)16-28(36(6,34)35)23-14-21(29(32)33)13-10-19(23)5/h8-14,17,22H,7,15-16H2,1-6H3,(H,26,31)/t22-/m1/s1. The van der Waals surface area contributed by atoms with Crippen LogP contribution in [0.4, 0.5) is 11.4 Å². The van der Waals surface area contributed by atoms with Crippen LogP contribution < -0.4 is 9.62 Å². The first-order valence-corrected chi connectivity index (χ1v) is 13.5. The lowest BCUT2D eigenvalue weighted by atomic mass is 10.1. The lowest BCUT2D eigenvalue weighted by molar-refractivity contribution is -0.384. The lowest BCUT2D eigenvalue weighted by Gasteiger charge is -2.33. The van der Waals surface area contributed by atoms with Crippen molar-refractivity contribution in [1.29, 1.82) is 0 Å². The molecule has 0 unspecified atom stereocenters. The number of hydrogen-bond donors (Lipinski definition) is 1. The fraction of sp³-hybridized carbons (Fsp3) is 0.440. The molecule has 1 atom stereocenters. The zero-order valence-corrected chi connectivity index (χ0v) is 22.3. The summed E-state index contributed by atoms with van der Waals surface area (Å²) in [6.07, 6.45) is 1.25. The average molecular weight is 519 g/mol. The van der Waals surface area contributed by atoms with Crippen LogP contribution in [0.25, 0.3) is 0 Å². The number of carbonyl (C=O) groups excluding carboxylic acids is 2. The molecule has 36 heavy (non-hydrogen) atoms. The molecule has 1 N–H and O–H groups in total. The van der Waals surface area contributed by atoms with Gasteiger partial charge in [0.15, 0.2) is 0 Å². The number of nitro benzene ring substituents is 1. The molecule has 2 rings (SSSR count). The molecule has 0 heterocycles. The van der Waals surface area contributed by atoms with E-state index in [0.717, 1.165) is 27.8 Å². The third-order valence-electron chi connectivity index (χ3n) is 5.64.